The average molecular weight is 224 g/mol. The topological polar surface area (TPSA) is 125 Å². The molecule has 0 fully saturated rings. The van der Waals surface area contributed by atoms with Crippen LogP contribution in [0.15, 0.2) is 0 Å². The molecular formula is C7H16N2O6. The van der Waals surface area contributed by atoms with Crippen LogP contribution in [-0.2, 0) is 14.4 Å². The van der Waals surface area contributed by atoms with Gasteiger partial charge in [0, 0.05) is 6.42 Å². The number of rotatable bonds is 7. The lowest BCUT2D eigenvalue weighted by molar-refractivity contribution is -0.492. The second-order valence-corrected chi connectivity index (χ2v) is 2.87. The number of esters is 1. The van der Waals surface area contributed by atoms with Crippen molar-refractivity contribution in [2.75, 3.05) is 13.2 Å². The lowest BCUT2D eigenvalue weighted by Crippen LogP contribution is -2.41. The van der Waals surface area contributed by atoms with Gasteiger partial charge < -0.3 is 15.6 Å². The van der Waals surface area contributed by atoms with Crippen molar-refractivity contribution in [2.45, 2.75) is 25.5 Å². The van der Waals surface area contributed by atoms with Crippen molar-refractivity contribution in [3.05, 3.63) is 0 Å². The lowest BCUT2D eigenvalue weighted by atomic mass is 10.2. The maximum Gasteiger partial charge on any atom is 0.325 e. The number of hydrogen-bond acceptors (Lipinski definition) is 8. The number of hydrogen-bond donors (Lipinski definition) is 4. The molecule has 0 bridgehead atoms. The number of carbonyl (C=O) groups is 1. The summed E-state index contributed by atoms with van der Waals surface area (Å²) >= 11 is 0. The van der Waals surface area contributed by atoms with Gasteiger partial charge >= 0.3 is 5.97 Å². The molecule has 0 heterocycles. The van der Waals surface area contributed by atoms with E-state index in [1.165, 1.54) is 6.92 Å². The molecule has 0 aliphatic heterocycles. The highest BCUT2D eigenvalue weighted by Crippen LogP contribution is 1.94. The van der Waals surface area contributed by atoms with Crippen molar-refractivity contribution in [3.63, 3.8) is 0 Å². The number of nitrogens with zero attached hydrogens (tertiary/aromatic N) is 1. The van der Waals surface area contributed by atoms with Crippen LogP contribution < -0.4 is 5.73 Å². The van der Waals surface area contributed by atoms with Crippen LogP contribution in [0.4, 0.5) is 0 Å². The summed E-state index contributed by atoms with van der Waals surface area (Å²) in [7, 11) is 0. The highest BCUT2D eigenvalue weighted by atomic mass is 17.1. The summed E-state index contributed by atoms with van der Waals surface area (Å²) in [5.74, 6) is -0.713. The van der Waals surface area contributed by atoms with Crippen molar-refractivity contribution >= 4 is 5.97 Å². The lowest BCUT2D eigenvalue weighted by Gasteiger charge is -2.13. The van der Waals surface area contributed by atoms with E-state index in [1.807, 2.05) is 0 Å². The number of aliphatic hydroxyl groups excluding tert-OH is 1. The number of nitrogens with two attached hydrogens (primary N) is 1. The molecule has 0 aliphatic rings. The van der Waals surface area contributed by atoms with Gasteiger partial charge in [0.1, 0.15) is 6.04 Å². The fourth-order valence-corrected chi connectivity index (χ4v) is 0.671. The molecule has 8 heteroatoms. The standard InChI is InChI=1S/C7H16N2O6/c1-5(10)6(8)7(11)14-3-2-4-15-9(12)13/h5-6,10,12-13H,2-4,8H2,1H3. The number of carbonyl (C=O) groups excluding carboxylic acids is 1. The predicted molar refractivity (Wildman–Crippen MR) is 46.6 cm³/mol. The van der Waals surface area contributed by atoms with Gasteiger partial charge in [-0.1, -0.05) is 0 Å². The Balaban J connectivity index is 3.47. The van der Waals surface area contributed by atoms with E-state index in [4.69, 9.17) is 21.3 Å². The SMILES string of the molecule is CC(O)C(N)C(=O)OCCCON(O)O. The molecule has 0 saturated heterocycles. The Morgan fingerprint density at radius 1 is 1.47 bits per heavy atom. The highest BCUT2D eigenvalue weighted by Gasteiger charge is 2.19. The summed E-state index contributed by atoms with van der Waals surface area (Å²) in [6, 6.07) is -1.07. The van der Waals surface area contributed by atoms with Crippen molar-refractivity contribution in [3.8, 4) is 0 Å². The molecular weight excluding hydrogens is 208 g/mol. The first-order chi connectivity index (χ1) is 6.95. The molecule has 15 heavy (non-hydrogen) atoms. The fourth-order valence-electron chi connectivity index (χ4n) is 0.671. The van der Waals surface area contributed by atoms with Gasteiger partial charge in [0.15, 0.2) is 0 Å². The molecule has 0 radical (unpaired) electrons. The Labute approximate surface area is 86.7 Å². The molecule has 0 aliphatic carbocycles. The van der Waals surface area contributed by atoms with Crippen LogP contribution in [0.1, 0.15) is 13.3 Å². The highest BCUT2D eigenvalue weighted by molar-refractivity contribution is 5.76. The molecule has 0 amide bonds. The Hall–Kier alpha value is -0.770. The maximum absolute atomic E-state index is 11.0. The Morgan fingerprint density at radius 2 is 2.07 bits per heavy atom. The van der Waals surface area contributed by atoms with Crippen molar-refractivity contribution < 1.29 is 29.9 Å². The zero-order chi connectivity index (χ0) is 11.8. The summed E-state index contributed by atoms with van der Waals surface area (Å²) in [6.07, 6.45) is -0.699. The molecule has 5 N–H and O–H groups in total. The predicted octanol–water partition coefficient (Wildman–Crippen LogP) is -1.36. The van der Waals surface area contributed by atoms with E-state index in [2.05, 4.69) is 9.57 Å². The van der Waals surface area contributed by atoms with E-state index in [1.54, 1.807) is 0 Å². The van der Waals surface area contributed by atoms with Gasteiger partial charge in [0.05, 0.1) is 24.7 Å². The molecule has 90 valence electrons. The van der Waals surface area contributed by atoms with Crippen molar-refractivity contribution in [2.24, 2.45) is 5.73 Å². The third-order valence-corrected chi connectivity index (χ3v) is 1.53. The van der Waals surface area contributed by atoms with E-state index < -0.39 is 23.5 Å². The van der Waals surface area contributed by atoms with Crippen LogP contribution in [0, 0.1) is 0 Å². The van der Waals surface area contributed by atoms with Crippen LogP contribution >= 0.6 is 0 Å². The summed E-state index contributed by atoms with van der Waals surface area (Å²) in [4.78, 5) is 15.2. The molecule has 0 aromatic carbocycles. The van der Waals surface area contributed by atoms with Crippen molar-refractivity contribution in [1.82, 2.24) is 5.39 Å². The zero-order valence-corrected chi connectivity index (χ0v) is 8.37. The van der Waals surface area contributed by atoms with E-state index in [0.29, 0.717) is 0 Å². The normalized spacial score (nSPS) is 15.1. The van der Waals surface area contributed by atoms with Crippen LogP contribution in [-0.4, -0.2) is 52.2 Å². The first-order valence-electron chi connectivity index (χ1n) is 4.36. The Kier molecular flexibility index (Phi) is 7.13. The van der Waals surface area contributed by atoms with E-state index >= 15 is 0 Å². The van der Waals surface area contributed by atoms with Gasteiger partial charge in [-0.15, -0.1) is 0 Å². The average Bonchev–Trinajstić information content (AvgIpc) is 2.15. The largest absolute Gasteiger partial charge is 0.464 e. The minimum absolute atomic E-state index is 0.0209. The quantitative estimate of drug-likeness (QED) is 0.237. The van der Waals surface area contributed by atoms with Gasteiger partial charge in [-0.2, -0.15) is 0 Å². The first kappa shape index (κ1) is 14.2. The molecule has 0 saturated carbocycles. The minimum atomic E-state index is -1.07. The summed E-state index contributed by atoms with van der Waals surface area (Å²) in [6.45, 7) is 1.38. The minimum Gasteiger partial charge on any atom is -0.464 e. The molecule has 0 aromatic rings. The smallest absolute Gasteiger partial charge is 0.325 e. The van der Waals surface area contributed by atoms with Gasteiger partial charge in [-0.3, -0.25) is 20.0 Å². The van der Waals surface area contributed by atoms with Gasteiger partial charge in [-0.05, 0) is 6.92 Å². The van der Waals surface area contributed by atoms with Crippen LogP contribution in [0.3, 0.4) is 0 Å². The Bertz CT molecular complexity index is 186. The molecule has 0 aromatic heterocycles. The molecule has 8 nitrogen and oxygen atoms in total. The van der Waals surface area contributed by atoms with E-state index in [-0.39, 0.29) is 19.6 Å². The third-order valence-electron chi connectivity index (χ3n) is 1.53. The zero-order valence-electron chi connectivity index (χ0n) is 8.37. The molecule has 2 atom stereocenters. The van der Waals surface area contributed by atoms with Crippen LogP contribution in [0.25, 0.3) is 0 Å². The third kappa shape index (κ3) is 7.19. The molecule has 0 spiro atoms. The second-order valence-electron chi connectivity index (χ2n) is 2.87. The van der Waals surface area contributed by atoms with Gasteiger partial charge in [0.2, 0.25) is 0 Å². The van der Waals surface area contributed by atoms with Crippen LogP contribution in [0.5, 0.6) is 0 Å². The van der Waals surface area contributed by atoms with E-state index in [9.17, 15) is 4.79 Å². The number of ether oxygens (including phenoxy) is 1. The molecule has 2 unspecified atom stereocenters. The second kappa shape index (κ2) is 7.51. The summed E-state index contributed by atoms with van der Waals surface area (Å²) in [5, 5.41) is 24.8. The maximum atomic E-state index is 11.0. The Morgan fingerprint density at radius 3 is 2.53 bits per heavy atom. The van der Waals surface area contributed by atoms with Gasteiger partial charge in [0.25, 0.3) is 0 Å². The van der Waals surface area contributed by atoms with Crippen molar-refractivity contribution in [1.29, 1.82) is 0 Å². The molecule has 0 rings (SSSR count). The summed E-state index contributed by atoms with van der Waals surface area (Å²) in [5.41, 5.74) is 5.28. The van der Waals surface area contributed by atoms with Crippen LogP contribution in [0.2, 0.25) is 0 Å². The monoisotopic (exact) mass is 224 g/mol. The summed E-state index contributed by atoms with van der Waals surface area (Å²) < 4.78 is 4.66. The van der Waals surface area contributed by atoms with E-state index in [0.717, 1.165) is 0 Å². The first-order valence-corrected chi connectivity index (χ1v) is 4.36. The van der Waals surface area contributed by atoms with Gasteiger partial charge in [-0.25, -0.2) is 0 Å². The number of aliphatic hydroxyl groups is 1. The fraction of sp³-hybridized carbons (Fsp3) is 0.857.